The topological polar surface area (TPSA) is 120 Å². The van der Waals surface area contributed by atoms with Gasteiger partial charge in [-0.3, -0.25) is 9.59 Å². The first-order valence-electron chi connectivity index (χ1n) is 16.4. The summed E-state index contributed by atoms with van der Waals surface area (Å²) in [6, 6.07) is 5.64. The molecule has 2 aliphatic heterocycles. The molecule has 48 heavy (non-hydrogen) atoms. The molecule has 0 unspecified atom stereocenters. The minimum atomic E-state index is -3.07. The van der Waals surface area contributed by atoms with E-state index in [0.29, 0.717) is 71.4 Å². The van der Waals surface area contributed by atoms with Crippen molar-refractivity contribution in [2.45, 2.75) is 82.5 Å². The summed E-state index contributed by atoms with van der Waals surface area (Å²) in [7, 11) is 3.15. The zero-order valence-corrected chi connectivity index (χ0v) is 27.1. The van der Waals surface area contributed by atoms with E-state index in [1.165, 1.54) is 23.8 Å². The molecule has 5 heterocycles. The number of nitrogens with zero attached hydrogens (tertiary/aromatic N) is 5. The van der Waals surface area contributed by atoms with Crippen LogP contribution in [0.3, 0.4) is 0 Å². The van der Waals surface area contributed by atoms with Crippen molar-refractivity contribution < 1.29 is 31.9 Å². The van der Waals surface area contributed by atoms with Gasteiger partial charge in [0.25, 0.3) is 18.3 Å². The maximum absolute atomic E-state index is 15.7. The molecule has 2 fully saturated rings. The van der Waals surface area contributed by atoms with E-state index in [-0.39, 0.29) is 42.0 Å². The van der Waals surface area contributed by atoms with Crippen LogP contribution in [0.2, 0.25) is 0 Å². The number of methoxy groups -OCH3 is 1. The third-order valence-electron chi connectivity index (χ3n) is 10.2. The van der Waals surface area contributed by atoms with Gasteiger partial charge in [0.1, 0.15) is 23.0 Å². The Morgan fingerprint density at radius 3 is 2.69 bits per heavy atom. The second-order valence-corrected chi connectivity index (χ2v) is 13.5. The number of nitrogens with two attached hydrogens (primary N) is 1. The molecule has 1 saturated carbocycles. The number of hydrogen-bond donors (Lipinski definition) is 2. The molecular formula is C34H39F4N7O3. The lowest BCUT2D eigenvalue weighted by atomic mass is 9.96. The molecule has 3 N–H and O–H groups in total. The lowest BCUT2D eigenvalue weighted by molar-refractivity contribution is -0.123. The Morgan fingerprint density at radius 1 is 1.15 bits per heavy atom. The van der Waals surface area contributed by atoms with Crippen molar-refractivity contribution in [1.82, 2.24) is 29.3 Å². The lowest BCUT2D eigenvalue weighted by Crippen LogP contribution is -2.57. The number of benzene rings is 1. The maximum atomic E-state index is 15.7. The average molecular weight is 670 g/mol. The van der Waals surface area contributed by atoms with Gasteiger partial charge >= 0.3 is 0 Å². The van der Waals surface area contributed by atoms with Crippen LogP contribution in [-0.4, -0.2) is 73.9 Å². The van der Waals surface area contributed by atoms with Crippen LogP contribution in [0.5, 0.6) is 5.75 Å². The first kappa shape index (κ1) is 32.4. The number of halogens is 4. The minimum absolute atomic E-state index is 0.0753. The number of ether oxygens (including phenoxy) is 1. The molecule has 3 aliphatic rings. The highest BCUT2D eigenvalue weighted by atomic mass is 19.3. The molecule has 1 aromatic carbocycles. The van der Waals surface area contributed by atoms with Crippen molar-refractivity contribution >= 4 is 33.9 Å². The highest BCUT2D eigenvalue weighted by Crippen LogP contribution is 2.44. The normalized spacial score (nSPS) is 26.1. The molecule has 0 radical (unpaired) electrons. The average Bonchev–Trinajstić information content (AvgIpc) is 3.64. The van der Waals surface area contributed by atoms with Crippen molar-refractivity contribution in [2.24, 2.45) is 24.6 Å². The molecule has 7 rings (SSSR count). The Balaban J connectivity index is 1.33. The van der Waals surface area contributed by atoms with Gasteiger partial charge in [-0.05, 0) is 75.3 Å². The fourth-order valence-electron chi connectivity index (χ4n) is 7.54. The molecule has 14 heteroatoms. The fraction of sp³-hybridized carbons (Fsp3) is 0.529. The van der Waals surface area contributed by atoms with Gasteiger partial charge in [-0.1, -0.05) is 0 Å². The number of hydrogen-bond acceptors (Lipinski definition) is 6. The molecule has 10 nitrogen and oxygen atoms in total. The van der Waals surface area contributed by atoms with Gasteiger partial charge in [0.05, 0.1) is 36.6 Å². The smallest absolute Gasteiger partial charge is 0.265 e. The number of imidazole rings is 1. The zero-order chi connectivity index (χ0) is 34.1. The van der Waals surface area contributed by atoms with Crippen molar-refractivity contribution in [1.29, 1.82) is 0 Å². The third-order valence-corrected chi connectivity index (χ3v) is 10.2. The monoisotopic (exact) mass is 669 g/mol. The number of likely N-dealkylation sites (tertiary alicyclic amines) is 1. The van der Waals surface area contributed by atoms with Gasteiger partial charge in [-0.15, -0.1) is 0 Å². The first-order chi connectivity index (χ1) is 22.9. The van der Waals surface area contributed by atoms with Crippen LogP contribution in [-0.2, 0) is 18.4 Å². The van der Waals surface area contributed by atoms with Gasteiger partial charge in [0.15, 0.2) is 5.82 Å². The molecule has 1 saturated heterocycles. The zero-order valence-electron chi connectivity index (χ0n) is 27.1. The number of pyridine rings is 1. The summed E-state index contributed by atoms with van der Waals surface area (Å²) in [5.41, 5.74) is 8.21. The van der Waals surface area contributed by atoms with Crippen LogP contribution < -0.4 is 15.8 Å². The lowest BCUT2D eigenvalue weighted by Gasteiger charge is -2.39. The summed E-state index contributed by atoms with van der Waals surface area (Å²) >= 11 is 0. The Morgan fingerprint density at radius 2 is 1.94 bits per heavy atom. The van der Waals surface area contributed by atoms with E-state index in [0.717, 1.165) is 4.90 Å². The highest BCUT2D eigenvalue weighted by Gasteiger charge is 2.44. The molecule has 3 aromatic heterocycles. The summed E-state index contributed by atoms with van der Waals surface area (Å²) in [6.07, 6.45) is -0.690. The summed E-state index contributed by atoms with van der Waals surface area (Å²) in [5, 5.41) is 3.66. The van der Waals surface area contributed by atoms with E-state index in [1.54, 1.807) is 29.8 Å². The van der Waals surface area contributed by atoms with Gasteiger partial charge in [-0.25, -0.2) is 27.5 Å². The minimum Gasteiger partial charge on any atom is -0.494 e. The van der Waals surface area contributed by atoms with Gasteiger partial charge in [0.2, 0.25) is 5.91 Å². The predicted molar refractivity (Wildman–Crippen MR) is 171 cm³/mol. The van der Waals surface area contributed by atoms with E-state index >= 15 is 8.78 Å². The molecule has 2 bridgehead atoms. The number of carbonyl (C=O) groups excluding carboxylic acids is 2. The maximum Gasteiger partial charge on any atom is 0.265 e. The highest BCUT2D eigenvalue weighted by molar-refractivity contribution is 6.00. The van der Waals surface area contributed by atoms with Crippen LogP contribution in [0.15, 0.2) is 30.3 Å². The van der Waals surface area contributed by atoms with Gasteiger partial charge in [-0.2, -0.15) is 0 Å². The van der Waals surface area contributed by atoms with E-state index in [2.05, 4.69) is 5.32 Å². The van der Waals surface area contributed by atoms with Crippen LogP contribution in [0, 0.1) is 11.8 Å². The molecule has 0 spiro atoms. The van der Waals surface area contributed by atoms with E-state index in [9.17, 15) is 18.4 Å². The van der Waals surface area contributed by atoms with E-state index in [1.807, 2.05) is 6.92 Å². The third kappa shape index (κ3) is 5.67. The van der Waals surface area contributed by atoms with E-state index < -0.39 is 42.9 Å². The number of piperidine rings is 1. The predicted octanol–water partition coefficient (Wildman–Crippen LogP) is 5.43. The fourth-order valence-corrected chi connectivity index (χ4v) is 7.54. The quantitative estimate of drug-likeness (QED) is 0.280. The SMILES string of the molecule is COc1cc(C(=O)N2CCC[C@@H](N)[C@H]2C(F)F)cc2nc(-c3cc4ccc5nc4n3CC(F)(F)CCC[C@@H]3C[C@H]3C(=O)N[C@@H]5C)n(C)c12. The Kier molecular flexibility index (Phi) is 8.12. The summed E-state index contributed by atoms with van der Waals surface area (Å²) in [6.45, 7) is 1.34. The Labute approximate surface area is 274 Å². The molecule has 256 valence electrons. The van der Waals surface area contributed by atoms with Crippen molar-refractivity contribution in [3.05, 3.63) is 41.6 Å². The van der Waals surface area contributed by atoms with Crippen LogP contribution >= 0.6 is 0 Å². The summed E-state index contributed by atoms with van der Waals surface area (Å²) < 4.78 is 68.3. The second-order valence-electron chi connectivity index (χ2n) is 13.5. The Hall–Kier alpha value is -4.20. The van der Waals surface area contributed by atoms with Crippen molar-refractivity contribution in [3.63, 3.8) is 0 Å². The molecule has 1 aliphatic carbocycles. The standard InChI is InChI=1S/C34H39F4N7O3/c1-17-23-9-8-19-14-25(45(30(19)41-23)16-34(37,38)10-4-6-18-12-21(18)32(46)40-17)31-42-24-13-20(15-26(48-3)28(24)43(31)2)33(47)44-11-5-7-22(39)27(44)29(35)36/h8-9,13-15,17-18,21-22,27,29H,4-7,10-12,16,39H2,1-3H3,(H,40,46)/t17-,18-,21-,22-,27+/m1/s1. The van der Waals surface area contributed by atoms with Crippen LogP contribution in [0.4, 0.5) is 17.6 Å². The largest absolute Gasteiger partial charge is 0.494 e. The number of rotatable bonds is 4. The van der Waals surface area contributed by atoms with Gasteiger partial charge in [0, 0.05) is 42.9 Å². The number of nitrogens with one attached hydrogen (secondary N) is 1. The Bertz CT molecular complexity index is 1910. The molecular weight excluding hydrogens is 630 g/mol. The molecule has 4 aromatic rings. The number of carbonyl (C=O) groups is 2. The number of aryl methyl sites for hydroxylation is 1. The molecule has 2 amide bonds. The van der Waals surface area contributed by atoms with Crippen molar-refractivity contribution in [2.75, 3.05) is 13.7 Å². The number of aromatic nitrogens is 4. The van der Waals surface area contributed by atoms with Crippen LogP contribution in [0.25, 0.3) is 33.6 Å². The number of alkyl halides is 4. The second kappa shape index (κ2) is 12.0. The van der Waals surface area contributed by atoms with Crippen molar-refractivity contribution in [3.8, 4) is 17.3 Å². The molecule has 5 atom stereocenters. The first-order valence-corrected chi connectivity index (χ1v) is 16.4. The number of fused-ring (bicyclic) bond motifs is 3. The number of amides is 2. The van der Waals surface area contributed by atoms with Gasteiger partial charge < -0.3 is 29.8 Å². The van der Waals surface area contributed by atoms with E-state index in [4.69, 9.17) is 20.4 Å². The van der Waals surface area contributed by atoms with Crippen LogP contribution in [0.1, 0.15) is 67.5 Å². The summed E-state index contributed by atoms with van der Waals surface area (Å²) in [4.78, 5) is 37.2. The summed E-state index contributed by atoms with van der Waals surface area (Å²) in [5.74, 6) is -3.18.